The Hall–Kier alpha value is -5.11. The predicted octanol–water partition coefficient (Wildman–Crippen LogP) is -0.790. The molecule has 0 bridgehead atoms. The molecule has 2 aromatic carbocycles. The van der Waals surface area contributed by atoms with Gasteiger partial charge in [0.25, 0.3) is 0 Å². The molecule has 3 atom stereocenters. The summed E-state index contributed by atoms with van der Waals surface area (Å²) in [6, 6.07) is 9.91. The molecule has 14 heteroatoms. The summed E-state index contributed by atoms with van der Waals surface area (Å²) >= 11 is 0. The molecule has 0 aliphatic rings. The number of para-hydroxylation sites is 1. The Kier molecular flexibility index (Phi) is 11.3. The fraction of sp³-hybridized carbons (Fsp3) is 0.321. The first-order chi connectivity index (χ1) is 20.1. The van der Waals surface area contributed by atoms with Gasteiger partial charge in [0.05, 0.1) is 6.54 Å². The Morgan fingerprint density at radius 2 is 1.52 bits per heavy atom. The highest BCUT2D eigenvalue weighted by molar-refractivity contribution is 5.94. The molecule has 0 saturated heterocycles. The number of carboxylic acid groups (broad SMARTS) is 1. The minimum atomic E-state index is -1.26. The van der Waals surface area contributed by atoms with Crippen LogP contribution in [0, 0.1) is 0 Å². The Morgan fingerprint density at radius 3 is 2.17 bits per heavy atom. The van der Waals surface area contributed by atoms with Crippen molar-refractivity contribution >= 4 is 40.6 Å². The fourth-order valence-corrected chi connectivity index (χ4v) is 4.37. The van der Waals surface area contributed by atoms with E-state index >= 15 is 0 Å². The maximum Gasteiger partial charge on any atom is 0.326 e. The fourth-order valence-electron chi connectivity index (χ4n) is 4.37. The number of carboxylic acids is 1. The summed E-state index contributed by atoms with van der Waals surface area (Å²) in [5, 5.41) is 27.9. The summed E-state index contributed by atoms with van der Waals surface area (Å²) in [6.07, 6.45) is 2.11. The molecule has 1 heterocycles. The summed E-state index contributed by atoms with van der Waals surface area (Å²) in [4.78, 5) is 58.0. The second-order valence-corrected chi connectivity index (χ2v) is 9.67. The standard InChI is InChI=1S/C28H36N8O6/c29-14-24(38)34-22(12-16-7-9-18(37)10-8-16)25(39)36-23(13-17-15-33-20-5-2-1-4-19(17)20)26(40)35-21(27(41)42)6-3-11-32-28(30)31/h1-2,4-5,7-10,15,21-23,33,37H,3,6,11-14,29H2,(H,34,38)(H,35,40)(H,36,39)(H,41,42)(H4,30,31,32). The van der Waals surface area contributed by atoms with Crippen molar-refractivity contribution in [1.29, 1.82) is 0 Å². The lowest BCUT2D eigenvalue weighted by atomic mass is 10.0. The number of fused-ring (bicyclic) bond motifs is 1. The lowest BCUT2D eigenvalue weighted by molar-refractivity contribution is -0.142. The van der Waals surface area contributed by atoms with Gasteiger partial charge in [0, 0.05) is 36.5 Å². The molecular weight excluding hydrogens is 544 g/mol. The van der Waals surface area contributed by atoms with Crippen LogP contribution in [-0.4, -0.2) is 76.1 Å². The normalized spacial score (nSPS) is 13.0. The maximum absolute atomic E-state index is 13.5. The quantitative estimate of drug-likeness (QED) is 0.0619. The number of guanidine groups is 1. The average molecular weight is 581 g/mol. The van der Waals surface area contributed by atoms with E-state index in [2.05, 4.69) is 25.9 Å². The van der Waals surface area contributed by atoms with Crippen LogP contribution in [0.1, 0.15) is 24.0 Å². The molecule has 0 radical (unpaired) electrons. The number of rotatable bonds is 15. The van der Waals surface area contributed by atoms with Crippen LogP contribution in [0.4, 0.5) is 0 Å². The predicted molar refractivity (Wildman–Crippen MR) is 156 cm³/mol. The highest BCUT2D eigenvalue weighted by Crippen LogP contribution is 2.20. The van der Waals surface area contributed by atoms with Gasteiger partial charge in [-0.25, -0.2) is 4.79 Å². The number of aliphatic carboxylic acids is 1. The van der Waals surface area contributed by atoms with E-state index in [1.54, 1.807) is 18.3 Å². The van der Waals surface area contributed by atoms with Gasteiger partial charge in [-0.3, -0.25) is 19.4 Å². The molecule has 0 aliphatic heterocycles. The van der Waals surface area contributed by atoms with Gasteiger partial charge in [0.2, 0.25) is 17.7 Å². The van der Waals surface area contributed by atoms with E-state index in [4.69, 9.17) is 17.2 Å². The van der Waals surface area contributed by atoms with Crippen LogP contribution in [-0.2, 0) is 32.0 Å². The van der Waals surface area contributed by atoms with Crippen molar-refractivity contribution in [3.63, 3.8) is 0 Å². The van der Waals surface area contributed by atoms with Crippen LogP contribution in [0.5, 0.6) is 5.75 Å². The van der Waals surface area contributed by atoms with E-state index in [9.17, 15) is 29.4 Å². The van der Waals surface area contributed by atoms with Gasteiger partial charge in [0.1, 0.15) is 23.9 Å². The number of aliphatic imine (C=N–C) groups is 1. The Morgan fingerprint density at radius 1 is 0.881 bits per heavy atom. The van der Waals surface area contributed by atoms with Gasteiger partial charge in [0.15, 0.2) is 5.96 Å². The third-order valence-electron chi connectivity index (χ3n) is 6.51. The van der Waals surface area contributed by atoms with E-state index in [0.29, 0.717) is 11.1 Å². The number of aromatic hydroxyl groups is 1. The van der Waals surface area contributed by atoms with E-state index in [1.807, 2.05) is 24.3 Å². The summed E-state index contributed by atoms with van der Waals surface area (Å²) in [5.41, 5.74) is 18.2. The number of aromatic amines is 1. The van der Waals surface area contributed by atoms with Crippen molar-refractivity contribution < 1.29 is 29.4 Å². The number of phenols is 1. The number of hydrogen-bond donors (Lipinski definition) is 9. The molecule has 0 fully saturated rings. The molecule has 3 rings (SSSR count). The number of phenolic OH excluding ortho intramolecular Hbond substituents is 1. The second kappa shape index (κ2) is 15.0. The SMILES string of the molecule is NCC(=O)NC(Cc1ccc(O)cc1)C(=O)NC(Cc1c[nH]c2ccccc12)C(=O)NC(CCCN=C(N)N)C(=O)O. The molecule has 12 N–H and O–H groups in total. The molecule has 1 aromatic heterocycles. The molecule has 224 valence electrons. The average Bonchev–Trinajstić information content (AvgIpc) is 3.37. The first-order valence-corrected chi connectivity index (χ1v) is 13.3. The summed E-state index contributed by atoms with van der Waals surface area (Å²) in [6.45, 7) is -0.184. The highest BCUT2D eigenvalue weighted by atomic mass is 16.4. The zero-order chi connectivity index (χ0) is 30.6. The summed E-state index contributed by atoms with van der Waals surface area (Å²) in [5.74, 6) is -3.34. The Balaban J connectivity index is 1.85. The summed E-state index contributed by atoms with van der Waals surface area (Å²) in [7, 11) is 0. The van der Waals surface area contributed by atoms with Gasteiger partial charge in [-0.1, -0.05) is 30.3 Å². The summed E-state index contributed by atoms with van der Waals surface area (Å²) < 4.78 is 0. The van der Waals surface area contributed by atoms with E-state index in [0.717, 1.165) is 10.9 Å². The minimum Gasteiger partial charge on any atom is -0.508 e. The van der Waals surface area contributed by atoms with E-state index < -0.39 is 41.8 Å². The smallest absolute Gasteiger partial charge is 0.326 e. The van der Waals surface area contributed by atoms with Crippen molar-refractivity contribution in [1.82, 2.24) is 20.9 Å². The lowest BCUT2D eigenvalue weighted by Gasteiger charge is -2.24. The van der Waals surface area contributed by atoms with Gasteiger partial charge < -0.3 is 48.3 Å². The molecule has 42 heavy (non-hydrogen) atoms. The number of nitrogens with two attached hydrogens (primary N) is 3. The largest absolute Gasteiger partial charge is 0.508 e. The number of aromatic nitrogens is 1. The number of hydrogen-bond acceptors (Lipinski definition) is 7. The van der Waals surface area contributed by atoms with Crippen LogP contribution in [0.25, 0.3) is 10.9 Å². The van der Waals surface area contributed by atoms with E-state index in [-0.39, 0.29) is 50.5 Å². The van der Waals surface area contributed by atoms with Gasteiger partial charge in [-0.2, -0.15) is 0 Å². The third kappa shape index (κ3) is 9.23. The second-order valence-electron chi connectivity index (χ2n) is 9.67. The zero-order valence-corrected chi connectivity index (χ0v) is 22.9. The third-order valence-corrected chi connectivity index (χ3v) is 6.51. The Labute approximate surface area is 241 Å². The first-order valence-electron chi connectivity index (χ1n) is 13.3. The van der Waals surface area contributed by atoms with Crippen LogP contribution in [0.15, 0.2) is 59.7 Å². The monoisotopic (exact) mass is 580 g/mol. The van der Waals surface area contributed by atoms with Crippen molar-refractivity contribution in [3.05, 3.63) is 65.9 Å². The molecule has 3 amide bonds. The Bertz CT molecular complexity index is 1420. The van der Waals surface area contributed by atoms with E-state index in [1.165, 1.54) is 12.1 Å². The molecule has 14 nitrogen and oxygen atoms in total. The van der Waals surface area contributed by atoms with Gasteiger partial charge in [-0.05, 0) is 42.2 Å². The molecule has 3 aromatic rings. The molecule has 3 unspecified atom stereocenters. The maximum atomic E-state index is 13.5. The number of amides is 3. The zero-order valence-electron chi connectivity index (χ0n) is 22.9. The molecule has 0 saturated carbocycles. The van der Waals surface area contributed by atoms with Gasteiger partial charge >= 0.3 is 5.97 Å². The molecule has 0 spiro atoms. The van der Waals surface area contributed by atoms with Crippen LogP contribution < -0.4 is 33.2 Å². The van der Waals surface area contributed by atoms with Gasteiger partial charge in [-0.15, -0.1) is 0 Å². The van der Waals surface area contributed by atoms with Crippen molar-refractivity contribution in [2.45, 2.75) is 43.8 Å². The van der Waals surface area contributed by atoms with Crippen LogP contribution >= 0.6 is 0 Å². The van der Waals surface area contributed by atoms with Crippen molar-refractivity contribution in [2.75, 3.05) is 13.1 Å². The number of H-pyrrole nitrogens is 1. The number of carbonyl (C=O) groups is 4. The topological polar surface area (TPSA) is 251 Å². The van der Waals surface area contributed by atoms with Crippen LogP contribution in [0.3, 0.4) is 0 Å². The minimum absolute atomic E-state index is 0.0265. The number of nitrogens with zero attached hydrogens (tertiary/aromatic N) is 1. The first kappa shape index (κ1) is 31.4. The lowest BCUT2D eigenvalue weighted by Crippen LogP contribution is -2.57. The van der Waals surface area contributed by atoms with Crippen LogP contribution in [0.2, 0.25) is 0 Å². The molecule has 0 aliphatic carbocycles. The van der Waals surface area contributed by atoms with Crippen molar-refractivity contribution in [3.8, 4) is 5.75 Å². The number of carbonyl (C=O) groups excluding carboxylic acids is 3. The number of benzene rings is 2. The van der Waals surface area contributed by atoms with Crippen molar-refractivity contribution in [2.24, 2.45) is 22.2 Å². The highest BCUT2D eigenvalue weighted by Gasteiger charge is 2.30. The number of nitrogens with one attached hydrogen (secondary N) is 4. The molecular formula is C28H36N8O6.